The Kier molecular flexibility index (Phi) is 14.6. The molecule has 0 unspecified atom stereocenters. The molecule has 0 aliphatic carbocycles. The van der Waals surface area contributed by atoms with Crippen molar-refractivity contribution >= 4 is 12.0 Å². The molecule has 0 spiro atoms. The lowest BCUT2D eigenvalue weighted by molar-refractivity contribution is 0.389. The fraction of sp³-hybridized carbons (Fsp3) is 1.00. The molecule has 0 atom stereocenters. The van der Waals surface area contributed by atoms with Gasteiger partial charge in [-0.05, 0) is 45.5 Å². The van der Waals surface area contributed by atoms with Gasteiger partial charge in [0.2, 0.25) is 0 Å². The fourth-order valence-corrected chi connectivity index (χ4v) is 2.40. The minimum Gasteiger partial charge on any atom is -0.319 e. The Morgan fingerprint density at radius 3 is 1.71 bits per heavy atom. The van der Waals surface area contributed by atoms with E-state index in [1.54, 1.807) is 19.2 Å². The van der Waals surface area contributed by atoms with E-state index in [4.69, 9.17) is 4.18 Å². The first kappa shape index (κ1) is 17.3. The van der Waals surface area contributed by atoms with Crippen LogP contribution in [0.15, 0.2) is 0 Å². The molecule has 0 heterocycles. The second kappa shape index (κ2) is 14.3. The van der Waals surface area contributed by atoms with Crippen molar-refractivity contribution in [2.75, 3.05) is 33.5 Å². The van der Waals surface area contributed by atoms with Crippen molar-refractivity contribution in [1.29, 1.82) is 0 Å². The van der Waals surface area contributed by atoms with Crippen LogP contribution in [-0.2, 0) is 4.18 Å². The zero-order valence-electron chi connectivity index (χ0n) is 12.0. The zero-order valence-corrected chi connectivity index (χ0v) is 12.9. The summed E-state index contributed by atoms with van der Waals surface area (Å²) in [5.74, 6) is 1.15. The van der Waals surface area contributed by atoms with Crippen molar-refractivity contribution in [3.63, 3.8) is 0 Å². The summed E-state index contributed by atoms with van der Waals surface area (Å²) < 4.78 is 4.95. The van der Waals surface area contributed by atoms with Crippen LogP contribution >= 0.6 is 12.0 Å². The Balaban J connectivity index is 2.89. The summed E-state index contributed by atoms with van der Waals surface area (Å²) in [7, 11) is 6.06. The van der Waals surface area contributed by atoms with E-state index in [9.17, 15) is 0 Å². The van der Waals surface area contributed by atoms with Gasteiger partial charge in [-0.2, -0.15) is 0 Å². The third kappa shape index (κ3) is 16.3. The molecule has 0 aromatic carbocycles. The third-order valence-electron chi connectivity index (χ3n) is 2.95. The van der Waals surface area contributed by atoms with Crippen LogP contribution in [0, 0.1) is 0 Å². The van der Waals surface area contributed by atoms with E-state index in [0.717, 1.165) is 5.75 Å². The molecule has 0 amide bonds. The quantitative estimate of drug-likeness (QED) is 0.361. The van der Waals surface area contributed by atoms with Gasteiger partial charge >= 0.3 is 0 Å². The van der Waals surface area contributed by atoms with Crippen molar-refractivity contribution in [3.05, 3.63) is 0 Å². The smallest absolute Gasteiger partial charge is 0.0503 e. The maximum absolute atomic E-state index is 4.95. The number of nitrogens with zero attached hydrogens (tertiary/aromatic N) is 1. The average molecular weight is 261 g/mol. The molecule has 0 aromatic heterocycles. The van der Waals surface area contributed by atoms with Crippen LogP contribution in [0.2, 0.25) is 0 Å². The Bertz CT molecular complexity index is 142. The number of hydrogen-bond donors (Lipinski definition) is 0. The summed E-state index contributed by atoms with van der Waals surface area (Å²) in [4.78, 5) is 2.28. The van der Waals surface area contributed by atoms with Crippen LogP contribution in [0.5, 0.6) is 0 Å². The first-order valence-corrected chi connectivity index (χ1v) is 7.98. The minimum absolute atomic E-state index is 1.15. The summed E-state index contributed by atoms with van der Waals surface area (Å²) >= 11 is 1.58. The minimum atomic E-state index is 1.15. The fourth-order valence-electron chi connectivity index (χ4n) is 1.91. The van der Waals surface area contributed by atoms with Gasteiger partial charge in [-0.1, -0.05) is 44.9 Å². The average Bonchev–Trinajstić information content (AvgIpc) is 2.30. The van der Waals surface area contributed by atoms with Crippen molar-refractivity contribution in [2.24, 2.45) is 0 Å². The number of hydrogen-bond acceptors (Lipinski definition) is 3. The summed E-state index contributed by atoms with van der Waals surface area (Å²) in [5.41, 5.74) is 0. The summed E-state index contributed by atoms with van der Waals surface area (Å²) in [6.07, 6.45) is 12.6. The highest BCUT2D eigenvalue weighted by Crippen LogP contribution is 2.11. The van der Waals surface area contributed by atoms with E-state index in [2.05, 4.69) is 19.0 Å². The molecule has 17 heavy (non-hydrogen) atoms. The molecule has 0 aromatic rings. The second-order valence-corrected chi connectivity index (χ2v) is 5.95. The first-order valence-electron chi connectivity index (χ1n) is 7.07. The summed E-state index contributed by atoms with van der Waals surface area (Å²) in [6, 6.07) is 0. The maximum Gasteiger partial charge on any atom is 0.0503 e. The predicted octanol–water partition coefficient (Wildman–Crippen LogP) is 4.35. The monoisotopic (exact) mass is 261 g/mol. The van der Waals surface area contributed by atoms with Crippen LogP contribution in [0.4, 0.5) is 0 Å². The molecule has 0 saturated heterocycles. The van der Waals surface area contributed by atoms with E-state index in [0.29, 0.717) is 0 Å². The topological polar surface area (TPSA) is 12.5 Å². The highest BCUT2D eigenvalue weighted by Gasteiger charge is 1.94. The van der Waals surface area contributed by atoms with Gasteiger partial charge in [0.1, 0.15) is 0 Å². The molecule has 3 heteroatoms. The molecule has 104 valence electrons. The molecule has 0 rings (SSSR count). The van der Waals surface area contributed by atoms with Gasteiger partial charge in [0.15, 0.2) is 0 Å². The largest absolute Gasteiger partial charge is 0.319 e. The Hall–Kier alpha value is 0.270. The van der Waals surface area contributed by atoms with Gasteiger partial charge < -0.3 is 9.08 Å². The van der Waals surface area contributed by atoms with Crippen molar-refractivity contribution in [2.45, 2.75) is 57.8 Å². The SMILES string of the molecule is COSCCCCCCCCCCCN(C)C. The summed E-state index contributed by atoms with van der Waals surface area (Å²) in [5, 5.41) is 0. The molecule has 0 bridgehead atoms. The second-order valence-electron chi connectivity index (χ2n) is 4.97. The van der Waals surface area contributed by atoms with Gasteiger partial charge in [0.25, 0.3) is 0 Å². The Labute approximate surface area is 113 Å². The zero-order chi connectivity index (χ0) is 12.8. The van der Waals surface area contributed by atoms with Gasteiger partial charge in [-0.25, -0.2) is 0 Å². The molecule has 0 aliphatic rings. The molecular formula is C14H31NOS. The lowest BCUT2D eigenvalue weighted by Crippen LogP contribution is -2.12. The number of unbranched alkanes of at least 4 members (excludes halogenated alkanes) is 8. The number of rotatable bonds is 13. The van der Waals surface area contributed by atoms with Crippen LogP contribution < -0.4 is 0 Å². The van der Waals surface area contributed by atoms with Gasteiger partial charge in [-0.15, -0.1) is 0 Å². The highest BCUT2D eigenvalue weighted by atomic mass is 32.2. The normalized spacial score (nSPS) is 11.3. The molecular weight excluding hydrogens is 230 g/mol. The van der Waals surface area contributed by atoms with E-state index in [1.807, 2.05) is 0 Å². The van der Waals surface area contributed by atoms with Gasteiger partial charge in [0.05, 0.1) is 7.11 Å². The van der Waals surface area contributed by atoms with E-state index < -0.39 is 0 Å². The Morgan fingerprint density at radius 2 is 1.24 bits per heavy atom. The molecule has 0 radical (unpaired) electrons. The molecule has 2 nitrogen and oxygen atoms in total. The molecule has 0 aliphatic heterocycles. The van der Waals surface area contributed by atoms with Crippen LogP contribution in [0.3, 0.4) is 0 Å². The third-order valence-corrected chi connectivity index (χ3v) is 3.64. The predicted molar refractivity (Wildman–Crippen MR) is 79.6 cm³/mol. The van der Waals surface area contributed by atoms with Gasteiger partial charge in [0, 0.05) is 5.75 Å². The van der Waals surface area contributed by atoms with E-state index in [1.165, 1.54) is 64.3 Å². The molecule has 0 fully saturated rings. The van der Waals surface area contributed by atoms with Crippen molar-refractivity contribution in [1.82, 2.24) is 4.90 Å². The maximum atomic E-state index is 4.95. The lowest BCUT2D eigenvalue weighted by atomic mass is 10.1. The first-order chi connectivity index (χ1) is 8.27. The Morgan fingerprint density at radius 1 is 0.765 bits per heavy atom. The molecule has 0 N–H and O–H groups in total. The molecule has 0 saturated carbocycles. The lowest BCUT2D eigenvalue weighted by Gasteiger charge is -2.08. The highest BCUT2D eigenvalue weighted by molar-refractivity contribution is 7.94. The van der Waals surface area contributed by atoms with Crippen molar-refractivity contribution < 1.29 is 4.18 Å². The van der Waals surface area contributed by atoms with Crippen molar-refractivity contribution in [3.8, 4) is 0 Å². The van der Waals surface area contributed by atoms with Crippen LogP contribution in [0.25, 0.3) is 0 Å². The summed E-state index contributed by atoms with van der Waals surface area (Å²) in [6.45, 7) is 1.25. The van der Waals surface area contributed by atoms with Crippen LogP contribution in [-0.4, -0.2) is 38.4 Å². The van der Waals surface area contributed by atoms with E-state index >= 15 is 0 Å². The van der Waals surface area contributed by atoms with Crippen LogP contribution in [0.1, 0.15) is 57.8 Å². The van der Waals surface area contributed by atoms with Gasteiger partial charge in [-0.3, -0.25) is 0 Å². The van der Waals surface area contributed by atoms with E-state index in [-0.39, 0.29) is 0 Å². The standard InChI is InChI=1S/C14H31NOS/c1-15(2)13-11-9-7-5-4-6-8-10-12-14-17-16-3/h4-14H2,1-3H3.